The van der Waals surface area contributed by atoms with Crippen LogP contribution in [0.15, 0.2) is 42.7 Å². The summed E-state index contributed by atoms with van der Waals surface area (Å²) in [5.74, 6) is 0. The summed E-state index contributed by atoms with van der Waals surface area (Å²) in [6, 6.07) is 9.20. The van der Waals surface area contributed by atoms with Gasteiger partial charge in [0.15, 0.2) is 0 Å². The first-order chi connectivity index (χ1) is 11.4. The Labute approximate surface area is 148 Å². The Morgan fingerprint density at radius 3 is 2.58 bits per heavy atom. The average molecular weight is 347 g/mol. The van der Waals surface area contributed by atoms with Crippen LogP contribution in [0.2, 0.25) is 5.02 Å². The van der Waals surface area contributed by atoms with Gasteiger partial charge in [-0.25, -0.2) is 4.79 Å². The highest BCUT2D eigenvalue weighted by Crippen LogP contribution is 2.17. The number of aromatic nitrogens is 1. The zero-order valence-corrected chi connectivity index (χ0v) is 15.0. The van der Waals surface area contributed by atoms with Crippen molar-refractivity contribution in [3.8, 4) is 0 Å². The SMILES string of the molecule is Cc1cncc(CNC(=O)N[C@@H](CN(C)C)c2ccc(Cl)cc2)c1. The number of carbonyl (C=O) groups excluding carboxylic acids is 1. The number of amides is 2. The molecule has 5 nitrogen and oxygen atoms in total. The van der Waals surface area contributed by atoms with Crippen LogP contribution in [-0.4, -0.2) is 36.6 Å². The van der Waals surface area contributed by atoms with Crippen molar-refractivity contribution in [3.63, 3.8) is 0 Å². The van der Waals surface area contributed by atoms with Crippen LogP contribution in [0.3, 0.4) is 0 Å². The van der Waals surface area contributed by atoms with E-state index in [1.54, 1.807) is 12.4 Å². The second kappa shape index (κ2) is 8.66. The van der Waals surface area contributed by atoms with Gasteiger partial charge in [0.25, 0.3) is 0 Å². The van der Waals surface area contributed by atoms with E-state index in [1.165, 1.54) is 0 Å². The fourth-order valence-electron chi connectivity index (χ4n) is 2.40. The number of benzene rings is 1. The van der Waals surface area contributed by atoms with Gasteiger partial charge in [-0.1, -0.05) is 29.8 Å². The lowest BCUT2D eigenvalue weighted by Gasteiger charge is -2.23. The molecule has 24 heavy (non-hydrogen) atoms. The van der Waals surface area contributed by atoms with Crippen LogP contribution in [0.1, 0.15) is 22.7 Å². The van der Waals surface area contributed by atoms with Crippen LogP contribution in [-0.2, 0) is 6.54 Å². The van der Waals surface area contributed by atoms with Crippen molar-refractivity contribution in [3.05, 3.63) is 64.4 Å². The number of carbonyl (C=O) groups is 1. The molecule has 2 amide bonds. The summed E-state index contributed by atoms with van der Waals surface area (Å²) in [5.41, 5.74) is 3.06. The van der Waals surface area contributed by atoms with Gasteiger partial charge < -0.3 is 15.5 Å². The van der Waals surface area contributed by atoms with Crippen LogP contribution in [0.5, 0.6) is 0 Å². The molecule has 2 aromatic rings. The van der Waals surface area contributed by atoms with Gasteiger partial charge in [0.2, 0.25) is 0 Å². The molecule has 0 aliphatic rings. The molecule has 0 aliphatic carbocycles. The fraction of sp³-hybridized carbons (Fsp3) is 0.333. The lowest BCUT2D eigenvalue weighted by atomic mass is 10.1. The fourth-order valence-corrected chi connectivity index (χ4v) is 2.53. The van der Waals surface area contributed by atoms with Crippen molar-refractivity contribution in [2.45, 2.75) is 19.5 Å². The molecule has 0 saturated carbocycles. The standard InChI is InChI=1S/C18H23ClN4O/c1-13-8-14(10-20-9-13)11-21-18(24)22-17(12-23(2)3)15-4-6-16(19)7-5-15/h4-10,17H,11-12H2,1-3H3,(H2,21,22,24)/t17-/m0/s1. The lowest BCUT2D eigenvalue weighted by Crippen LogP contribution is -2.41. The lowest BCUT2D eigenvalue weighted by molar-refractivity contribution is 0.232. The number of nitrogens with one attached hydrogen (secondary N) is 2. The van der Waals surface area contributed by atoms with Crippen molar-refractivity contribution in [2.24, 2.45) is 0 Å². The summed E-state index contributed by atoms with van der Waals surface area (Å²) in [4.78, 5) is 18.4. The number of likely N-dealkylation sites (N-methyl/N-ethyl adjacent to an activating group) is 1. The molecular weight excluding hydrogens is 324 g/mol. The van der Waals surface area contributed by atoms with Crippen LogP contribution >= 0.6 is 11.6 Å². The number of hydrogen-bond donors (Lipinski definition) is 2. The van der Waals surface area contributed by atoms with Crippen molar-refractivity contribution in [2.75, 3.05) is 20.6 Å². The predicted molar refractivity (Wildman–Crippen MR) is 97.1 cm³/mol. The third-order valence-corrected chi connectivity index (χ3v) is 3.76. The van der Waals surface area contributed by atoms with Crippen LogP contribution in [0, 0.1) is 6.92 Å². The molecule has 6 heteroatoms. The first-order valence-corrected chi connectivity index (χ1v) is 8.17. The molecule has 2 N–H and O–H groups in total. The van der Waals surface area contributed by atoms with E-state index in [2.05, 4.69) is 15.6 Å². The summed E-state index contributed by atoms with van der Waals surface area (Å²) in [6.07, 6.45) is 3.54. The molecular formula is C18H23ClN4O. The van der Waals surface area contributed by atoms with E-state index >= 15 is 0 Å². The highest BCUT2D eigenvalue weighted by Gasteiger charge is 2.15. The molecule has 0 bridgehead atoms. The van der Waals surface area contributed by atoms with Crippen molar-refractivity contribution >= 4 is 17.6 Å². The van der Waals surface area contributed by atoms with Gasteiger partial charge in [-0.2, -0.15) is 0 Å². The quantitative estimate of drug-likeness (QED) is 0.844. The predicted octanol–water partition coefficient (Wildman–Crippen LogP) is 3.15. The second-order valence-corrected chi connectivity index (χ2v) is 6.50. The number of hydrogen-bond acceptors (Lipinski definition) is 3. The maximum absolute atomic E-state index is 12.2. The Morgan fingerprint density at radius 1 is 1.25 bits per heavy atom. The van der Waals surface area contributed by atoms with E-state index in [1.807, 2.05) is 56.3 Å². The molecule has 0 radical (unpaired) electrons. The zero-order valence-electron chi connectivity index (χ0n) is 14.2. The summed E-state index contributed by atoms with van der Waals surface area (Å²) < 4.78 is 0. The average Bonchev–Trinajstić information content (AvgIpc) is 2.53. The molecule has 1 heterocycles. The van der Waals surface area contributed by atoms with E-state index < -0.39 is 0 Å². The van der Waals surface area contributed by atoms with E-state index in [-0.39, 0.29) is 12.1 Å². The minimum absolute atomic E-state index is 0.118. The van der Waals surface area contributed by atoms with Gasteiger partial charge in [-0.3, -0.25) is 4.98 Å². The van der Waals surface area contributed by atoms with Gasteiger partial charge in [0, 0.05) is 30.5 Å². The van der Waals surface area contributed by atoms with Crippen molar-refractivity contribution in [1.82, 2.24) is 20.5 Å². The third-order valence-electron chi connectivity index (χ3n) is 3.51. The molecule has 1 aromatic carbocycles. The normalized spacial score (nSPS) is 12.0. The number of rotatable bonds is 6. The maximum Gasteiger partial charge on any atom is 0.315 e. The van der Waals surface area contributed by atoms with Crippen LogP contribution < -0.4 is 10.6 Å². The van der Waals surface area contributed by atoms with Crippen LogP contribution in [0.4, 0.5) is 4.79 Å². The molecule has 0 unspecified atom stereocenters. The Morgan fingerprint density at radius 2 is 1.96 bits per heavy atom. The van der Waals surface area contributed by atoms with E-state index in [0.717, 1.165) is 16.7 Å². The van der Waals surface area contributed by atoms with Crippen molar-refractivity contribution < 1.29 is 4.79 Å². The Balaban J connectivity index is 1.97. The van der Waals surface area contributed by atoms with Gasteiger partial charge >= 0.3 is 6.03 Å². The maximum atomic E-state index is 12.2. The summed E-state index contributed by atoms with van der Waals surface area (Å²) >= 11 is 5.94. The minimum Gasteiger partial charge on any atom is -0.334 e. The second-order valence-electron chi connectivity index (χ2n) is 6.06. The molecule has 0 saturated heterocycles. The number of nitrogens with zero attached hydrogens (tertiary/aromatic N) is 2. The van der Waals surface area contributed by atoms with Gasteiger partial charge in [0.1, 0.15) is 0 Å². The minimum atomic E-state index is -0.210. The summed E-state index contributed by atoms with van der Waals surface area (Å²) in [6.45, 7) is 3.11. The number of aryl methyl sites for hydroxylation is 1. The van der Waals surface area contributed by atoms with E-state index in [4.69, 9.17) is 11.6 Å². The third kappa shape index (κ3) is 5.83. The number of halogens is 1. The van der Waals surface area contributed by atoms with Crippen molar-refractivity contribution in [1.29, 1.82) is 0 Å². The van der Waals surface area contributed by atoms with Crippen LogP contribution in [0.25, 0.3) is 0 Å². The molecule has 128 valence electrons. The molecule has 0 spiro atoms. The first kappa shape index (κ1) is 18.2. The number of urea groups is 1. The Hall–Kier alpha value is -2.11. The molecule has 1 aromatic heterocycles. The van der Waals surface area contributed by atoms with Gasteiger partial charge in [-0.05, 0) is 49.8 Å². The molecule has 1 atom stereocenters. The van der Waals surface area contributed by atoms with E-state index in [0.29, 0.717) is 18.1 Å². The summed E-state index contributed by atoms with van der Waals surface area (Å²) in [5, 5.41) is 6.57. The molecule has 0 fully saturated rings. The topological polar surface area (TPSA) is 57.3 Å². The Kier molecular flexibility index (Phi) is 6.58. The largest absolute Gasteiger partial charge is 0.334 e. The smallest absolute Gasteiger partial charge is 0.315 e. The highest BCUT2D eigenvalue weighted by atomic mass is 35.5. The monoisotopic (exact) mass is 346 g/mol. The zero-order chi connectivity index (χ0) is 17.5. The highest BCUT2D eigenvalue weighted by molar-refractivity contribution is 6.30. The van der Waals surface area contributed by atoms with E-state index in [9.17, 15) is 4.79 Å². The first-order valence-electron chi connectivity index (χ1n) is 7.79. The van der Waals surface area contributed by atoms with Gasteiger partial charge in [0.05, 0.1) is 6.04 Å². The summed E-state index contributed by atoms with van der Waals surface area (Å²) in [7, 11) is 3.95. The number of pyridine rings is 1. The Bertz CT molecular complexity index is 673. The van der Waals surface area contributed by atoms with Gasteiger partial charge in [-0.15, -0.1) is 0 Å². The molecule has 0 aliphatic heterocycles. The molecule has 2 rings (SSSR count).